The first-order valence-electron chi connectivity index (χ1n) is 9.31. The van der Waals surface area contributed by atoms with Crippen molar-refractivity contribution >= 4 is 27.6 Å². The number of nitrogens with one attached hydrogen (secondary N) is 2. The summed E-state index contributed by atoms with van der Waals surface area (Å²) in [5.74, 6) is -1.22. The molecule has 3 aromatic rings. The highest BCUT2D eigenvalue weighted by Gasteiger charge is 2.30. The molecule has 1 amide bonds. The molecule has 8 nitrogen and oxygen atoms in total. The highest BCUT2D eigenvalue weighted by atomic mass is 32.2. The quantitative estimate of drug-likeness (QED) is 0.475. The molecule has 3 rings (SSSR count). The van der Waals surface area contributed by atoms with E-state index in [0.717, 1.165) is 24.3 Å². The van der Waals surface area contributed by atoms with Crippen molar-refractivity contribution < 1.29 is 40.3 Å². The van der Waals surface area contributed by atoms with Gasteiger partial charge in [0.1, 0.15) is 5.76 Å². The number of furan rings is 1. The van der Waals surface area contributed by atoms with E-state index in [1.807, 2.05) is 0 Å². The van der Waals surface area contributed by atoms with Gasteiger partial charge >= 0.3 is 12.1 Å². The van der Waals surface area contributed by atoms with Gasteiger partial charge in [0.2, 0.25) is 10.0 Å². The van der Waals surface area contributed by atoms with Crippen LogP contribution in [0.1, 0.15) is 21.7 Å². The standard InChI is InChI=1S/C21H17F3N2O6S/c22-21(23,24)15-5-7-16(8-6-15)26-19(27)13-32-20(28)14-3-9-18(10-4-14)33(29,30)25-12-17-2-1-11-31-17/h1-11,25H,12-13H2,(H,26,27). The fourth-order valence-electron chi connectivity index (χ4n) is 2.59. The molecule has 0 radical (unpaired) electrons. The number of carbonyl (C=O) groups excluding carboxylic acids is 2. The summed E-state index contributed by atoms with van der Waals surface area (Å²) >= 11 is 0. The second kappa shape index (κ2) is 9.88. The lowest BCUT2D eigenvalue weighted by Crippen LogP contribution is -2.23. The number of sulfonamides is 1. The number of anilines is 1. The summed E-state index contributed by atoms with van der Waals surface area (Å²) in [7, 11) is -3.85. The smallest absolute Gasteiger partial charge is 0.416 e. The van der Waals surface area contributed by atoms with E-state index < -0.39 is 40.2 Å². The predicted octanol–water partition coefficient (Wildman–Crippen LogP) is 3.57. The van der Waals surface area contributed by atoms with E-state index in [2.05, 4.69) is 10.0 Å². The zero-order valence-electron chi connectivity index (χ0n) is 16.8. The third-order valence-corrected chi connectivity index (χ3v) is 5.66. The average Bonchev–Trinajstić information content (AvgIpc) is 3.30. The molecule has 0 atom stereocenters. The Morgan fingerprint density at radius 2 is 1.64 bits per heavy atom. The van der Waals surface area contributed by atoms with Gasteiger partial charge in [0.05, 0.1) is 28.8 Å². The number of amides is 1. The summed E-state index contributed by atoms with van der Waals surface area (Å²) < 4.78 is 74.5. The van der Waals surface area contributed by atoms with Crippen LogP contribution in [-0.4, -0.2) is 26.9 Å². The Morgan fingerprint density at radius 1 is 0.970 bits per heavy atom. The maximum absolute atomic E-state index is 12.6. The van der Waals surface area contributed by atoms with Crippen LogP contribution in [0.5, 0.6) is 0 Å². The Hall–Kier alpha value is -3.64. The summed E-state index contributed by atoms with van der Waals surface area (Å²) in [4.78, 5) is 23.9. The average molecular weight is 482 g/mol. The Labute approximate surface area is 186 Å². The number of ether oxygens (including phenoxy) is 1. The molecular formula is C21H17F3N2O6S. The second-order valence-electron chi connectivity index (χ2n) is 6.63. The van der Waals surface area contributed by atoms with Crippen LogP contribution in [0.15, 0.2) is 76.2 Å². The maximum atomic E-state index is 12.6. The van der Waals surface area contributed by atoms with Crippen LogP contribution in [-0.2, 0) is 32.3 Å². The molecule has 0 aliphatic carbocycles. The first-order chi connectivity index (χ1) is 15.5. The predicted molar refractivity (Wildman–Crippen MR) is 110 cm³/mol. The van der Waals surface area contributed by atoms with Gasteiger partial charge in [-0.25, -0.2) is 17.9 Å². The Morgan fingerprint density at radius 3 is 2.21 bits per heavy atom. The number of halogens is 3. The fraction of sp³-hybridized carbons (Fsp3) is 0.143. The van der Waals surface area contributed by atoms with Crippen LogP contribution in [0.25, 0.3) is 0 Å². The van der Waals surface area contributed by atoms with Crippen molar-refractivity contribution in [3.8, 4) is 0 Å². The van der Waals surface area contributed by atoms with Gasteiger partial charge < -0.3 is 14.5 Å². The molecule has 2 N–H and O–H groups in total. The topological polar surface area (TPSA) is 115 Å². The SMILES string of the molecule is O=C(COC(=O)c1ccc(S(=O)(=O)NCc2ccco2)cc1)Nc1ccc(C(F)(F)F)cc1. The number of carbonyl (C=O) groups is 2. The molecule has 1 heterocycles. The molecule has 174 valence electrons. The first kappa shape index (κ1) is 24.0. The molecule has 0 spiro atoms. The van der Waals surface area contributed by atoms with Gasteiger partial charge in [0.25, 0.3) is 5.91 Å². The molecule has 0 aliphatic heterocycles. The van der Waals surface area contributed by atoms with E-state index in [1.165, 1.54) is 30.5 Å². The van der Waals surface area contributed by atoms with Gasteiger partial charge in [-0.3, -0.25) is 4.79 Å². The van der Waals surface area contributed by atoms with Crippen molar-refractivity contribution in [3.05, 3.63) is 83.8 Å². The lowest BCUT2D eigenvalue weighted by atomic mass is 10.2. The fourth-order valence-corrected chi connectivity index (χ4v) is 3.58. The van der Waals surface area contributed by atoms with Crippen molar-refractivity contribution in [1.82, 2.24) is 4.72 Å². The normalized spacial score (nSPS) is 11.7. The van der Waals surface area contributed by atoms with E-state index in [1.54, 1.807) is 12.1 Å². The van der Waals surface area contributed by atoms with Crippen molar-refractivity contribution in [3.63, 3.8) is 0 Å². The van der Waals surface area contributed by atoms with Crippen LogP contribution in [0.2, 0.25) is 0 Å². The minimum atomic E-state index is -4.50. The molecule has 0 saturated carbocycles. The minimum Gasteiger partial charge on any atom is -0.468 e. The number of alkyl halides is 3. The Balaban J connectivity index is 1.51. The summed E-state index contributed by atoms with van der Waals surface area (Å²) in [6.45, 7) is -0.738. The number of rotatable bonds is 8. The van der Waals surface area contributed by atoms with Crippen LogP contribution >= 0.6 is 0 Å². The molecule has 1 aromatic heterocycles. The van der Waals surface area contributed by atoms with Crippen molar-refractivity contribution in [2.24, 2.45) is 0 Å². The maximum Gasteiger partial charge on any atom is 0.416 e. The van der Waals surface area contributed by atoms with Crippen molar-refractivity contribution in [2.75, 3.05) is 11.9 Å². The van der Waals surface area contributed by atoms with Crippen LogP contribution in [0.4, 0.5) is 18.9 Å². The summed E-state index contributed by atoms with van der Waals surface area (Å²) in [5, 5.41) is 2.30. The second-order valence-corrected chi connectivity index (χ2v) is 8.39. The van der Waals surface area contributed by atoms with Crippen LogP contribution in [0.3, 0.4) is 0 Å². The molecule has 0 unspecified atom stereocenters. The zero-order chi connectivity index (χ0) is 24.1. The zero-order valence-corrected chi connectivity index (χ0v) is 17.6. The molecule has 0 saturated heterocycles. The summed E-state index contributed by atoms with van der Waals surface area (Å²) in [6.07, 6.45) is -3.09. The molecule has 12 heteroatoms. The third kappa shape index (κ3) is 6.67. The van der Waals surface area contributed by atoms with Gasteiger partial charge in [-0.1, -0.05) is 0 Å². The van der Waals surface area contributed by atoms with Gasteiger partial charge in [-0.2, -0.15) is 13.2 Å². The van der Waals surface area contributed by atoms with Gasteiger partial charge in [-0.15, -0.1) is 0 Å². The molecule has 0 aliphatic rings. The molecule has 0 bridgehead atoms. The Kier molecular flexibility index (Phi) is 7.19. The van der Waals surface area contributed by atoms with E-state index in [0.29, 0.717) is 5.76 Å². The monoisotopic (exact) mass is 482 g/mol. The van der Waals surface area contributed by atoms with Gasteiger partial charge in [-0.05, 0) is 60.7 Å². The van der Waals surface area contributed by atoms with Crippen molar-refractivity contribution in [1.29, 1.82) is 0 Å². The highest BCUT2D eigenvalue weighted by Crippen LogP contribution is 2.29. The molecule has 0 fully saturated rings. The molecule has 33 heavy (non-hydrogen) atoms. The van der Waals surface area contributed by atoms with Crippen LogP contribution in [0, 0.1) is 0 Å². The van der Waals surface area contributed by atoms with Crippen molar-refractivity contribution in [2.45, 2.75) is 17.6 Å². The van der Waals surface area contributed by atoms with E-state index in [-0.39, 0.29) is 22.7 Å². The van der Waals surface area contributed by atoms with E-state index >= 15 is 0 Å². The minimum absolute atomic E-state index is 0.00214. The highest BCUT2D eigenvalue weighted by molar-refractivity contribution is 7.89. The number of hydrogen-bond acceptors (Lipinski definition) is 6. The number of hydrogen-bond donors (Lipinski definition) is 2. The van der Waals surface area contributed by atoms with Gasteiger partial charge in [0.15, 0.2) is 6.61 Å². The van der Waals surface area contributed by atoms with E-state index in [9.17, 15) is 31.2 Å². The van der Waals surface area contributed by atoms with Crippen LogP contribution < -0.4 is 10.0 Å². The summed E-state index contributed by atoms with van der Waals surface area (Å²) in [6, 6.07) is 11.8. The molecule has 2 aromatic carbocycles. The number of benzene rings is 2. The first-order valence-corrected chi connectivity index (χ1v) is 10.8. The van der Waals surface area contributed by atoms with Gasteiger partial charge in [0, 0.05) is 5.69 Å². The lowest BCUT2D eigenvalue weighted by molar-refractivity contribution is -0.137. The third-order valence-electron chi connectivity index (χ3n) is 4.25. The molecular weight excluding hydrogens is 465 g/mol. The largest absolute Gasteiger partial charge is 0.468 e. The Bertz CT molecular complexity index is 1210. The summed E-state index contributed by atoms with van der Waals surface area (Å²) in [5.41, 5.74) is -0.767. The lowest BCUT2D eigenvalue weighted by Gasteiger charge is -2.09. The number of esters is 1. The van der Waals surface area contributed by atoms with E-state index in [4.69, 9.17) is 9.15 Å².